The molecule has 0 radical (unpaired) electrons. The molecule has 3 aromatic rings. The second-order valence-electron chi connectivity index (χ2n) is 8.86. The first kappa shape index (κ1) is 25.8. The van der Waals surface area contributed by atoms with Crippen molar-refractivity contribution in [2.24, 2.45) is 7.05 Å². The first-order valence-electron chi connectivity index (χ1n) is 11.9. The van der Waals surface area contributed by atoms with E-state index in [9.17, 15) is 14.4 Å². The Morgan fingerprint density at radius 1 is 1.27 bits per heavy atom. The van der Waals surface area contributed by atoms with E-state index in [2.05, 4.69) is 27.4 Å². The van der Waals surface area contributed by atoms with Crippen molar-refractivity contribution in [2.75, 3.05) is 13.2 Å². The quantitative estimate of drug-likeness (QED) is 0.471. The standard InChI is InChI=1S/C26H30N6O5/c1-6-8-15(2)18-11-12-36-20(17(18)4)13-27-23(33)24-29-21(30-37-24)14-28-25(34)32-19-10-7-9-16(3)22(19)31(5)26(32)35/h6-10,20H,1,11-14H2,2-5H3,(H,27,33)(H,28,34)/b15-8-. The number of aryl methyl sites for hydroxylation is 2. The van der Waals surface area contributed by atoms with Gasteiger partial charge in [-0.2, -0.15) is 4.98 Å². The molecule has 0 fully saturated rings. The highest BCUT2D eigenvalue weighted by Gasteiger charge is 2.24. The third-order valence-corrected chi connectivity index (χ3v) is 6.46. The second kappa shape index (κ2) is 10.8. The molecule has 2 N–H and O–H groups in total. The van der Waals surface area contributed by atoms with E-state index in [-0.39, 0.29) is 30.9 Å². The van der Waals surface area contributed by atoms with Crippen molar-refractivity contribution in [1.29, 1.82) is 0 Å². The fraction of sp³-hybridized carbons (Fsp3) is 0.346. The summed E-state index contributed by atoms with van der Waals surface area (Å²) in [6.45, 7) is 10.3. The van der Waals surface area contributed by atoms with Crippen LogP contribution in [0.3, 0.4) is 0 Å². The number of rotatable bonds is 7. The van der Waals surface area contributed by atoms with Gasteiger partial charge >= 0.3 is 23.5 Å². The number of nitrogens with one attached hydrogen (secondary N) is 2. The van der Waals surface area contributed by atoms with Crippen molar-refractivity contribution in [3.8, 4) is 0 Å². The molecule has 4 rings (SSSR count). The number of benzene rings is 1. The molecular weight excluding hydrogens is 476 g/mol. The van der Waals surface area contributed by atoms with Gasteiger partial charge in [-0.1, -0.05) is 36.0 Å². The van der Waals surface area contributed by atoms with Crippen molar-refractivity contribution in [3.63, 3.8) is 0 Å². The average molecular weight is 507 g/mol. The lowest BCUT2D eigenvalue weighted by molar-refractivity contribution is 0.0624. The number of nitrogens with zero attached hydrogens (tertiary/aromatic N) is 4. The summed E-state index contributed by atoms with van der Waals surface area (Å²) in [5, 5.41) is 9.13. The van der Waals surface area contributed by atoms with Gasteiger partial charge in [0.15, 0.2) is 5.82 Å². The van der Waals surface area contributed by atoms with Crippen LogP contribution < -0.4 is 16.3 Å². The van der Waals surface area contributed by atoms with Gasteiger partial charge in [0.25, 0.3) is 0 Å². The molecule has 1 aliphatic rings. The molecule has 11 heteroatoms. The Morgan fingerprint density at radius 3 is 2.81 bits per heavy atom. The highest BCUT2D eigenvalue weighted by atomic mass is 16.5. The van der Waals surface area contributed by atoms with Gasteiger partial charge in [-0.25, -0.2) is 14.2 Å². The minimum atomic E-state index is -0.634. The zero-order valence-corrected chi connectivity index (χ0v) is 21.3. The monoisotopic (exact) mass is 506 g/mol. The van der Waals surface area contributed by atoms with Crippen LogP contribution >= 0.6 is 0 Å². The summed E-state index contributed by atoms with van der Waals surface area (Å²) in [4.78, 5) is 42.1. The van der Waals surface area contributed by atoms with E-state index in [0.717, 1.165) is 27.7 Å². The molecule has 0 spiro atoms. The highest BCUT2D eigenvalue weighted by molar-refractivity contribution is 5.91. The van der Waals surface area contributed by atoms with Gasteiger partial charge in [-0.05, 0) is 55.5 Å². The summed E-state index contributed by atoms with van der Waals surface area (Å²) in [6.07, 6.45) is 4.23. The predicted molar refractivity (Wildman–Crippen MR) is 137 cm³/mol. The van der Waals surface area contributed by atoms with E-state index < -0.39 is 17.6 Å². The highest BCUT2D eigenvalue weighted by Crippen LogP contribution is 2.26. The summed E-state index contributed by atoms with van der Waals surface area (Å²) >= 11 is 0. The van der Waals surface area contributed by atoms with Crippen LogP contribution in [0.1, 0.15) is 42.3 Å². The van der Waals surface area contributed by atoms with Gasteiger partial charge in [-0.15, -0.1) is 0 Å². The Hall–Kier alpha value is -4.25. The molecular formula is C26H30N6O5. The van der Waals surface area contributed by atoms with E-state index in [1.807, 2.05) is 32.9 Å². The molecule has 11 nitrogen and oxygen atoms in total. The lowest BCUT2D eigenvalue weighted by Gasteiger charge is -2.27. The molecule has 0 saturated carbocycles. The molecule has 194 valence electrons. The molecule has 0 aliphatic carbocycles. The Kier molecular flexibility index (Phi) is 7.53. The SMILES string of the molecule is C=C/C=C(/C)C1=C(C)C(CNC(=O)c2nc(CNC(=O)n3c(=O)n(C)c4c(C)cccc43)no2)OCC1. The number of ether oxygens (including phenoxy) is 1. The number of carbonyl (C=O) groups excluding carboxylic acids is 2. The number of fused-ring (bicyclic) bond motifs is 1. The number of para-hydroxylation sites is 1. The smallest absolute Gasteiger partial charge is 0.337 e. The van der Waals surface area contributed by atoms with E-state index in [1.54, 1.807) is 25.3 Å². The van der Waals surface area contributed by atoms with Gasteiger partial charge in [0.2, 0.25) is 0 Å². The molecule has 0 saturated heterocycles. The third kappa shape index (κ3) is 5.17. The maximum atomic E-state index is 12.8. The number of imidazole rings is 1. The maximum Gasteiger partial charge on any atom is 0.337 e. The average Bonchev–Trinajstić information content (AvgIpc) is 3.45. The van der Waals surface area contributed by atoms with Gasteiger partial charge in [-0.3, -0.25) is 9.36 Å². The predicted octanol–water partition coefficient (Wildman–Crippen LogP) is 2.76. The van der Waals surface area contributed by atoms with Crippen molar-refractivity contribution in [1.82, 2.24) is 29.9 Å². The molecule has 0 bridgehead atoms. The molecule has 3 heterocycles. The minimum Gasteiger partial charge on any atom is -0.372 e. The third-order valence-electron chi connectivity index (χ3n) is 6.46. The summed E-state index contributed by atoms with van der Waals surface area (Å²) in [5.41, 5.74) is 4.94. The van der Waals surface area contributed by atoms with Gasteiger partial charge in [0.1, 0.15) is 0 Å². The maximum absolute atomic E-state index is 12.8. The van der Waals surface area contributed by atoms with Crippen LogP contribution in [0.5, 0.6) is 0 Å². The molecule has 1 aliphatic heterocycles. The molecule has 1 aromatic carbocycles. The van der Waals surface area contributed by atoms with Crippen LogP contribution in [-0.4, -0.2) is 50.5 Å². The Morgan fingerprint density at radius 2 is 2.05 bits per heavy atom. The number of hydrogen-bond donors (Lipinski definition) is 2. The zero-order chi connectivity index (χ0) is 26.7. The van der Waals surface area contributed by atoms with Gasteiger partial charge < -0.3 is 19.9 Å². The molecule has 2 amide bonds. The minimum absolute atomic E-state index is 0.0976. The van der Waals surface area contributed by atoms with Gasteiger partial charge in [0.05, 0.1) is 30.3 Å². The fourth-order valence-corrected chi connectivity index (χ4v) is 4.54. The van der Waals surface area contributed by atoms with E-state index >= 15 is 0 Å². The lowest BCUT2D eigenvalue weighted by Crippen LogP contribution is -2.37. The summed E-state index contributed by atoms with van der Waals surface area (Å²) in [6, 6.07) is 4.71. The van der Waals surface area contributed by atoms with E-state index in [1.165, 1.54) is 10.1 Å². The number of carbonyl (C=O) groups is 2. The normalized spacial score (nSPS) is 16.2. The van der Waals surface area contributed by atoms with Crippen molar-refractivity contribution < 1.29 is 18.8 Å². The Labute approximate surface area is 213 Å². The molecule has 2 aromatic heterocycles. The number of allylic oxidation sites excluding steroid dienone is 3. The summed E-state index contributed by atoms with van der Waals surface area (Å²) in [7, 11) is 1.61. The van der Waals surface area contributed by atoms with Crippen LogP contribution in [0, 0.1) is 6.92 Å². The number of amides is 2. The topological polar surface area (TPSA) is 133 Å². The first-order valence-corrected chi connectivity index (χ1v) is 11.9. The number of hydrogen-bond acceptors (Lipinski definition) is 7. The Bertz CT molecular complexity index is 1490. The van der Waals surface area contributed by atoms with Crippen LogP contribution in [0.25, 0.3) is 11.0 Å². The number of aromatic nitrogens is 4. The van der Waals surface area contributed by atoms with Crippen LogP contribution in [0.15, 0.2) is 63.0 Å². The Balaban J connectivity index is 1.38. The second-order valence-corrected chi connectivity index (χ2v) is 8.86. The van der Waals surface area contributed by atoms with E-state index in [4.69, 9.17) is 9.26 Å². The fourth-order valence-electron chi connectivity index (χ4n) is 4.54. The summed E-state index contributed by atoms with van der Waals surface area (Å²) in [5.74, 6) is -0.685. The van der Waals surface area contributed by atoms with Crippen molar-refractivity contribution in [2.45, 2.75) is 39.8 Å². The molecule has 1 atom stereocenters. The van der Waals surface area contributed by atoms with Crippen LogP contribution in [-0.2, 0) is 18.3 Å². The molecule has 1 unspecified atom stereocenters. The first-order chi connectivity index (χ1) is 17.7. The lowest BCUT2D eigenvalue weighted by atomic mass is 9.93. The van der Waals surface area contributed by atoms with E-state index in [0.29, 0.717) is 17.6 Å². The van der Waals surface area contributed by atoms with Crippen molar-refractivity contribution >= 4 is 23.0 Å². The zero-order valence-electron chi connectivity index (χ0n) is 21.3. The largest absolute Gasteiger partial charge is 0.372 e. The van der Waals surface area contributed by atoms with Gasteiger partial charge in [0, 0.05) is 13.6 Å². The summed E-state index contributed by atoms with van der Waals surface area (Å²) < 4.78 is 13.4. The van der Waals surface area contributed by atoms with Crippen molar-refractivity contribution in [3.05, 3.63) is 81.4 Å². The van der Waals surface area contributed by atoms with Crippen LogP contribution in [0.4, 0.5) is 4.79 Å². The van der Waals surface area contributed by atoms with Crippen LogP contribution in [0.2, 0.25) is 0 Å². The molecule has 37 heavy (non-hydrogen) atoms.